The van der Waals surface area contributed by atoms with E-state index in [0.29, 0.717) is 5.82 Å². The van der Waals surface area contributed by atoms with E-state index in [4.69, 9.17) is 4.74 Å². The molecule has 21 heavy (non-hydrogen) atoms. The van der Waals surface area contributed by atoms with Gasteiger partial charge >= 0.3 is 17.5 Å². The van der Waals surface area contributed by atoms with E-state index >= 15 is 0 Å². The highest BCUT2D eigenvalue weighted by atomic mass is 127. The Balaban J connectivity index is 0.00000400. The minimum atomic E-state index is -0.527. The molecule has 0 aliphatic heterocycles. The molecule has 0 spiro atoms. The summed E-state index contributed by atoms with van der Waals surface area (Å²) in [4.78, 5) is 27.6. The summed E-state index contributed by atoms with van der Waals surface area (Å²) in [6.45, 7) is 1.82. The van der Waals surface area contributed by atoms with Crippen LogP contribution >= 0.6 is 0 Å². The Kier molecular flexibility index (Phi) is 8.43. The van der Waals surface area contributed by atoms with Gasteiger partial charge in [-0.2, -0.15) is 0 Å². The number of pyridine rings is 1. The fraction of sp³-hybridized carbons (Fsp3) is 0.417. The first-order valence-corrected chi connectivity index (χ1v) is 5.98. The van der Waals surface area contributed by atoms with Crippen LogP contribution in [0.1, 0.15) is 6.92 Å². The summed E-state index contributed by atoms with van der Waals surface area (Å²) in [5, 5.41) is 10.8. The number of carbonyl (C=O) groups is 1. The monoisotopic (exact) mass is 408 g/mol. The molecule has 0 unspecified atom stereocenters. The van der Waals surface area contributed by atoms with Crippen LogP contribution in [0.3, 0.4) is 0 Å². The largest absolute Gasteiger partial charge is 1.00 e. The molecule has 9 heteroatoms. The van der Waals surface area contributed by atoms with E-state index in [9.17, 15) is 14.9 Å². The predicted octanol–water partition coefficient (Wildman–Crippen LogP) is -2.33. The van der Waals surface area contributed by atoms with Crippen molar-refractivity contribution in [2.45, 2.75) is 13.5 Å². The molecule has 0 fully saturated rings. The zero-order valence-corrected chi connectivity index (χ0v) is 14.2. The number of hydrogen-bond donors (Lipinski definition) is 0. The minimum Gasteiger partial charge on any atom is -1.00 e. The molecule has 0 atom stereocenters. The third kappa shape index (κ3) is 6.47. The standard InChI is InChI=1S/C12H17N4O4.HI/c1-4-20-12(17)8-15-7-10(16(18)19)5-6-11(15)13-9-14(2)3;/h5-7,9H,4,8H2,1-3H3;1H/q+1;/p-1. The van der Waals surface area contributed by atoms with Crippen LogP contribution < -0.4 is 28.5 Å². The molecule has 0 aliphatic rings. The third-order valence-electron chi connectivity index (χ3n) is 2.22. The highest BCUT2D eigenvalue weighted by molar-refractivity contribution is 5.67. The number of hydrogen-bond acceptors (Lipinski definition) is 5. The number of nitro groups is 1. The number of nitrogens with zero attached hydrogens (tertiary/aromatic N) is 4. The second-order valence-corrected chi connectivity index (χ2v) is 4.14. The second-order valence-electron chi connectivity index (χ2n) is 4.14. The van der Waals surface area contributed by atoms with Gasteiger partial charge in [-0.1, -0.05) is 0 Å². The van der Waals surface area contributed by atoms with E-state index in [1.165, 1.54) is 22.9 Å². The first kappa shape index (κ1) is 19.2. The lowest BCUT2D eigenvalue weighted by Crippen LogP contribution is -3.00. The molecular weight excluding hydrogens is 391 g/mol. The van der Waals surface area contributed by atoms with Gasteiger partial charge in [-0.25, -0.2) is 9.36 Å². The van der Waals surface area contributed by atoms with Gasteiger partial charge in [-0.05, 0) is 11.9 Å². The van der Waals surface area contributed by atoms with Crippen molar-refractivity contribution in [1.82, 2.24) is 4.90 Å². The number of esters is 1. The topological polar surface area (TPSA) is 88.9 Å². The summed E-state index contributed by atoms with van der Waals surface area (Å²) in [6.07, 6.45) is 2.81. The Morgan fingerprint density at radius 3 is 2.71 bits per heavy atom. The number of aromatic nitrogens is 1. The van der Waals surface area contributed by atoms with Gasteiger partial charge in [0.05, 0.1) is 11.5 Å². The van der Waals surface area contributed by atoms with Crippen molar-refractivity contribution in [1.29, 1.82) is 0 Å². The highest BCUT2D eigenvalue weighted by Gasteiger charge is 2.18. The van der Waals surface area contributed by atoms with Gasteiger partial charge in [-0.3, -0.25) is 10.1 Å². The van der Waals surface area contributed by atoms with Crippen LogP contribution in [0.4, 0.5) is 11.5 Å². The Bertz CT molecular complexity index is 534. The van der Waals surface area contributed by atoms with Crippen molar-refractivity contribution in [2.75, 3.05) is 20.7 Å². The predicted molar refractivity (Wildman–Crippen MR) is 71.8 cm³/mol. The molecule has 0 saturated heterocycles. The van der Waals surface area contributed by atoms with Crippen LogP contribution in [0.2, 0.25) is 0 Å². The molecule has 0 saturated carbocycles. The average molecular weight is 408 g/mol. The lowest BCUT2D eigenvalue weighted by Gasteiger charge is -2.03. The first-order chi connectivity index (χ1) is 9.43. The average Bonchev–Trinajstić information content (AvgIpc) is 2.37. The van der Waals surface area contributed by atoms with Gasteiger partial charge in [0.1, 0.15) is 0 Å². The Morgan fingerprint density at radius 1 is 1.52 bits per heavy atom. The summed E-state index contributed by atoms with van der Waals surface area (Å²) in [7, 11) is 3.59. The first-order valence-electron chi connectivity index (χ1n) is 5.98. The molecule has 1 aromatic rings. The smallest absolute Gasteiger partial charge is 0.348 e. The van der Waals surface area contributed by atoms with E-state index < -0.39 is 10.9 Å². The maximum atomic E-state index is 11.5. The molecule has 0 radical (unpaired) electrons. The second kappa shape index (κ2) is 9.21. The Hall–Kier alpha value is -1.78. The van der Waals surface area contributed by atoms with Crippen molar-refractivity contribution < 1.29 is 43.0 Å². The maximum Gasteiger partial charge on any atom is 0.348 e. The van der Waals surface area contributed by atoms with Crippen LogP contribution in [-0.2, 0) is 16.1 Å². The fourth-order valence-corrected chi connectivity index (χ4v) is 1.40. The van der Waals surface area contributed by atoms with Crippen LogP contribution in [0.5, 0.6) is 0 Å². The van der Waals surface area contributed by atoms with Crippen LogP contribution in [0, 0.1) is 10.1 Å². The van der Waals surface area contributed by atoms with E-state index in [1.54, 1.807) is 32.3 Å². The molecule has 116 valence electrons. The Labute approximate surface area is 139 Å². The SMILES string of the molecule is CCOC(=O)C[n+]1cc([N+](=O)[O-])ccc1N=CN(C)C.[I-]. The summed E-state index contributed by atoms with van der Waals surface area (Å²) in [5.41, 5.74) is -0.113. The fourth-order valence-electron chi connectivity index (χ4n) is 1.40. The zero-order chi connectivity index (χ0) is 15.1. The zero-order valence-electron chi connectivity index (χ0n) is 12.0. The van der Waals surface area contributed by atoms with Crippen LogP contribution in [-0.4, -0.2) is 42.8 Å². The quantitative estimate of drug-likeness (QED) is 0.100. The van der Waals surface area contributed by atoms with Gasteiger partial charge in [0.2, 0.25) is 6.34 Å². The van der Waals surface area contributed by atoms with E-state index in [0.717, 1.165) is 0 Å². The number of aliphatic imine (C=N–C) groups is 1. The highest BCUT2D eigenvalue weighted by Crippen LogP contribution is 2.12. The van der Waals surface area contributed by atoms with E-state index in [1.807, 2.05) is 0 Å². The number of ether oxygens (including phenoxy) is 1. The summed E-state index contributed by atoms with van der Waals surface area (Å²) in [6, 6.07) is 2.82. The van der Waals surface area contributed by atoms with Gasteiger partial charge in [0, 0.05) is 26.2 Å². The van der Waals surface area contributed by atoms with Crippen molar-refractivity contribution in [3.05, 3.63) is 28.4 Å². The van der Waals surface area contributed by atoms with Crippen molar-refractivity contribution in [3.8, 4) is 0 Å². The van der Waals surface area contributed by atoms with Crippen LogP contribution in [0.15, 0.2) is 23.3 Å². The summed E-state index contributed by atoms with van der Waals surface area (Å²) in [5.74, 6) is -0.0448. The molecule has 0 N–H and O–H groups in total. The van der Waals surface area contributed by atoms with Crippen molar-refractivity contribution in [3.63, 3.8) is 0 Å². The summed E-state index contributed by atoms with van der Waals surface area (Å²) >= 11 is 0. The lowest BCUT2D eigenvalue weighted by atomic mass is 10.4. The number of rotatable bonds is 6. The van der Waals surface area contributed by atoms with Crippen molar-refractivity contribution in [2.24, 2.45) is 4.99 Å². The van der Waals surface area contributed by atoms with E-state index in [2.05, 4.69) is 4.99 Å². The molecule has 0 bridgehead atoms. The molecule has 8 nitrogen and oxygen atoms in total. The third-order valence-corrected chi connectivity index (χ3v) is 2.22. The molecule has 1 rings (SSSR count). The molecule has 1 heterocycles. The normalized spacial score (nSPS) is 10.0. The molecule has 0 aliphatic carbocycles. The molecule has 0 amide bonds. The van der Waals surface area contributed by atoms with Gasteiger partial charge in [0.15, 0.2) is 12.7 Å². The van der Waals surface area contributed by atoms with E-state index in [-0.39, 0.29) is 42.8 Å². The van der Waals surface area contributed by atoms with Crippen LogP contribution in [0.25, 0.3) is 0 Å². The minimum absolute atomic E-state index is 0. The molecular formula is C12H17IN4O4. The number of halogens is 1. The number of carbonyl (C=O) groups excluding carboxylic acids is 1. The maximum absolute atomic E-state index is 11.5. The molecule has 0 aromatic carbocycles. The Morgan fingerprint density at radius 2 is 2.19 bits per heavy atom. The van der Waals surface area contributed by atoms with Gasteiger partial charge < -0.3 is 33.6 Å². The van der Waals surface area contributed by atoms with Gasteiger partial charge in [0.25, 0.3) is 0 Å². The van der Waals surface area contributed by atoms with Gasteiger partial charge in [-0.15, -0.1) is 0 Å². The van der Waals surface area contributed by atoms with Crippen molar-refractivity contribution >= 4 is 23.8 Å². The lowest BCUT2D eigenvalue weighted by molar-refractivity contribution is -0.675. The molecule has 1 aromatic heterocycles. The summed E-state index contributed by atoms with van der Waals surface area (Å²) < 4.78 is 6.22.